The zero-order valence-electron chi connectivity index (χ0n) is 8.25. The van der Waals surface area contributed by atoms with Crippen molar-refractivity contribution in [3.8, 4) is 11.1 Å². The molecule has 0 atom stereocenters. The van der Waals surface area contributed by atoms with Gasteiger partial charge in [0.25, 0.3) is 0 Å². The van der Waals surface area contributed by atoms with Crippen LogP contribution in [0.2, 0.25) is 5.02 Å². The maximum atomic E-state index is 13.0. The molecule has 0 spiro atoms. The van der Waals surface area contributed by atoms with E-state index in [4.69, 9.17) is 23.2 Å². The highest BCUT2D eigenvalue weighted by Crippen LogP contribution is 2.25. The van der Waals surface area contributed by atoms with Gasteiger partial charge in [-0.2, -0.15) is 0 Å². The molecule has 82 valence electrons. The minimum absolute atomic E-state index is 0.105. The van der Waals surface area contributed by atoms with Crippen LogP contribution in [0.1, 0.15) is 5.56 Å². The van der Waals surface area contributed by atoms with Gasteiger partial charge in [-0.25, -0.2) is 4.39 Å². The number of aromatic nitrogens is 1. The van der Waals surface area contributed by atoms with Gasteiger partial charge < -0.3 is 0 Å². The molecule has 0 aliphatic heterocycles. The summed E-state index contributed by atoms with van der Waals surface area (Å²) in [5, 5.41) is 0.105. The number of rotatable bonds is 2. The summed E-state index contributed by atoms with van der Waals surface area (Å²) in [6, 6.07) is 6.48. The van der Waals surface area contributed by atoms with Crippen molar-refractivity contribution in [3.63, 3.8) is 0 Å². The Morgan fingerprint density at radius 2 is 1.94 bits per heavy atom. The summed E-state index contributed by atoms with van der Waals surface area (Å²) in [5.74, 6) is -0.0256. The fourth-order valence-corrected chi connectivity index (χ4v) is 1.72. The molecular formula is C12H8Cl2FN. The molecule has 2 aromatic rings. The maximum Gasteiger partial charge on any atom is 0.141 e. The van der Waals surface area contributed by atoms with Crippen LogP contribution in [0.15, 0.2) is 36.7 Å². The highest BCUT2D eigenvalue weighted by Gasteiger charge is 2.04. The Morgan fingerprint density at radius 3 is 2.62 bits per heavy atom. The van der Waals surface area contributed by atoms with Crippen molar-refractivity contribution in [2.24, 2.45) is 0 Å². The Labute approximate surface area is 103 Å². The van der Waals surface area contributed by atoms with Crippen LogP contribution in [0.5, 0.6) is 0 Å². The second-order valence-corrected chi connectivity index (χ2v) is 4.02. The van der Waals surface area contributed by atoms with Gasteiger partial charge in [0.1, 0.15) is 5.82 Å². The number of pyridine rings is 1. The molecule has 0 bridgehead atoms. The minimum Gasteiger partial charge on any atom is -0.264 e. The molecule has 0 unspecified atom stereocenters. The normalized spacial score (nSPS) is 10.4. The molecule has 0 N–H and O–H groups in total. The van der Waals surface area contributed by atoms with Gasteiger partial charge in [-0.1, -0.05) is 17.7 Å². The average Bonchev–Trinajstić information content (AvgIpc) is 2.33. The summed E-state index contributed by atoms with van der Waals surface area (Å²) in [7, 11) is 0. The molecule has 1 heterocycles. The van der Waals surface area contributed by atoms with Crippen molar-refractivity contribution < 1.29 is 4.39 Å². The Balaban J connectivity index is 2.46. The van der Waals surface area contributed by atoms with Gasteiger partial charge >= 0.3 is 0 Å². The third-order valence-corrected chi connectivity index (χ3v) is 2.80. The van der Waals surface area contributed by atoms with Crippen molar-refractivity contribution in [1.82, 2.24) is 4.98 Å². The molecule has 16 heavy (non-hydrogen) atoms. The smallest absolute Gasteiger partial charge is 0.141 e. The lowest BCUT2D eigenvalue weighted by molar-refractivity contribution is 0.628. The lowest BCUT2D eigenvalue weighted by Crippen LogP contribution is -1.86. The van der Waals surface area contributed by atoms with Gasteiger partial charge in [0.15, 0.2) is 0 Å². The molecule has 0 aliphatic carbocycles. The predicted molar refractivity (Wildman–Crippen MR) is 64.2 cm³/mol. The zero-order valence-corrected chi connectivity index (χ0v) is 9.76. The highest BCUT2D eigenvalue weighted by atomic mass is 35.5. The molecular weight excluding hydrogens is 248 g/mol. The summed E-state index contributed by atoms with van der Waals surface area (Å²) in [6.45, 7) is 0. The van der Waals surface area contributed by atoms with Crippen LogP contribution in [0.3, 0.4) is 0 Å². The Bertz CT molecular complexity index is 514. The number of nitrogens with zero attached hydrogens (tertiary/aromatic N) is 1. The molecule has 4 heteroatoms. The second kappa shape index (κ2) is 4.81. The van der Waals surface area contributed by atoms with Gasteiger partial charge in [-0.3, -0.25) is 4.98 Å². The van der Waals surface area contributed by atoms with E-state index in [9.17, 15) is 4.39 Å². The molecule has 0 radical (unpaired) electrons. The van der Waals surface area contributed by atoms with Crippen LogP contribution in [-0.2, 0) is 5.88 Å². The van der Waals surface area contributed by atoms with E-state index in [1.165, 1.54) is 6.07 Å². The van der Waals surface area contributed by atoms with Crippen LogP contribution >= 0.6 is 23.2 Å². The SMILES string of the molecule is Fc1ccc(-c2cncc(CCl)c2)cc1Cl. The standard InChI is InChI=1S/C12H8Cl2FN/c13-5-8-3-10(7-16-6-8)9-1-2-12(15)11(14)4-9/h1-4,6-7H,5H2. The van der Waals surface area contributed by atoms with Crippen LogP contribution in [0, 0.1) is 5.82 Å². The third-order valence-electron chi connectivity index (χ3n) is 2.20. The fraction of sp³-hybridized carbons (Fsp3) is 0.0833. The molecule has 1 aromatic carbocycles. The van der Waals surface area contributed by atoms with Crippen molar-refractivity contribution >= 4 is 23.2 Å². The summed E-state index contributed by atoms with van der Waals surface area (Å²) in [4.78, 5) is 4.06. The number of alkyl halides is 1. The van der Waals surface area contributed by atoms with Gasteiger partial charge in [0.05, 0.1) is 5.02 Å². The van der Waals surface area contributed by atoms with E-state index < -0.39 is 5.82 Å². The molecule has 0 saturated carbocycles. The van der Waals surface area contributed by atoms with Crippen LogP contribution in [0.25, 0.3) is 11.1 Å². The minimum atomic E-state index is -0.424. The summed E-state index contributed by atoms with van der Waals surface area (Å²) < 4.78 is 13.0. The summed E-state index contributed by atoms with van der Waals surface area (Å²) in [5.41, 5.74) is 2.62. The highest BCUT2D eigenvalue weighted by molar-refractivity contribution is 6.31. The van der Waals surface area contributed by atoms with E-state index in [0.717, 1.165) is 16.7 Å². The first-order valence-corrected chi connectivity index (χ1v) is 5.57. The van der Waals surface area contributed by atoms with Gasteiger partial charge in [-0.05, 0) is 29.3 Å². The van der Waals surface area contributed by atoms with Crippen molar-refractivity contribution in [1.29, 1.82) is 0 Å². The number of benzene rings is 1. The largest absolute Gasteiger partial charge is 0.264 e. The van der Waals surface area contributed by atoms with Crippen molar-refractivity contribution in [2.45, 2.75) is 5.88 Å². The molecule has 1 aromatic heterocycles. The molecule has 1 nitrogen and oxygen atoms in total. The summed E-state index contributed by atoms with van der Waals surface area (Å²) >= 11 is 11.4. The molecule has 0 aliphatic rings. The van der Waals surface area contributed by atoms with Crippen LogP contribution < -0.4 is 0 Å². The van der Waals surface area contributed by atoms with Crippen molar-refractivity contribution in [2.75, 3.05) is 0 Å². The molecule has 0 fully saturated rings. The zero-order chi connectivity index (χ0) is 11.5. The molecule has 0 saturated heterocycles. The van der Waals surface area contributed by atoms with Crippen LogP contribution in [-0.4, -0.2) is 4.98 Å². The Kier molecular flexibility index (Phi) is 3.42. The van der Waals surface area contributed by atoms with E-state index >= 15 is 0 Å². The predicted octanol–water partition coefficient (Wildman–Crippen LogP) is 4.28. The maximum absolute atomic E-state index is 13.0. The Morgan fingerprint density at radius 1 is 1.12 bits per heavy atom. The summed E-state index contributed by atoms with van der Waals surface area (Å²) in [6.07, 6.45) is 3.39. The molecule has 0 amide bonds. The lowest BCUT2D eigenvalue weighted by atomic mass is 10.1. The first-order chi connectivity index (χ1) is 7.70. The van der Waals surface area contributed by atoms with Crippen molar-refractivity contribution in [3.05, 3.63) is 53.1 Å². The third kappa shape index (κ3) is 2.34. The quantitative estimate of drug-likeness (QED) is 0.731. The van der Waals surface area contributed by atoms with Crippen LogP contribution in [0.4, 0.5) is 4.39 Å². The lowest BCUT2D eigenvalue weighted by Gasteiger charge is -2.04. The number of halogens is 3. The fourth-order valence-electron chi connectivity index (χ4n) is 1.39. The van der Waals surface area contributed by atoms with E-state index in [0.29, 0.717) is 5.88 Å². The first-order valence-electron chi connectivity index (χ1n) is 4.66. The van der Waals surface area contributed by atoms with Gasteiger partial charge in [0, 0.05) is 23.8 Å². The first kappa shape index (κ1) is 11.4. The average molecular weight is 256 g/mol. The molecule has 2 rings (SSSR count). The second-order valence-electron chi connectivity index (χ2n) is 3.34. The van der Waals surface area contributed by atoms with E-state index in [-0.39, 0.29) is 5.02 Å². The Hall–Kier alpha value is -1.12. The van der Waals surface area contributed by atoms with E-state index in [2.05, 4.69) is 4.98 Å². The number of hydrogen-bond acceptors (Lipinski definition) is 1. The topological polar surface area (TPSA) is 12.9 Å². The van der Waals surface area contributed by atoms with Gasteiger partial charge in [0.2, 0.25) is 0 Å². The number of hydrogen-bond donors (Lipinski definition) is 0. The van der Waals surface area contributed by atoms with Gasteiger partial charge in [-0.15, -0.1) is 11.6 Å². The monoisotopic (exact) mass is 255 g/mol. The van der Waals surface area contributed by atoms with E-state index in [1.807, 2.05) is 6.07 Å². The van der Waals surface area contributed by atoms with E-state index in [1.54, 1.807) is 24.5 Å².